The maximum atomic E-state index is 12.1. The molecule has 6 nitrogen and oxygen atoms in total. The van der Waals surface area contributed by atoms with E-state index in [1.807, 2.05) is 13.8 Å². The number of nitrogens with two attached hydrogens (primary N) is 1. The van der Waals surface area contributed by atoms with Crippen molar-refractivity contribution in [2.75, 3.05) is 0 Å². The number of carbonyl (C=O) groups is 1. The summed E-state index contributed by atoms with van der Waals surface area (Å²) in [5.74, 6) is -1.12. The molecule has 0 aromatic carbocycles. The van der Waals surface area contributed by atoms with Crippen LogP contribution in [0.4, 0.5) is 0 Å². The topological polar surface area (TPSA) is 80.0 Å². The Morgan fingerprint density at radius 2 is 2.00 bits per heavy atom. The fourth-order valence-corrected chi connectivity index (χ4v) is 4.51. The molecule has 0 aromatic heterocycles. The van der Waals surface area contributed by atoms with Gasteiger partial charge in [-0.15, -0.1) is 0 Å². The van der Waals surface area contributed by atoms with Gasteiger partial charge in [0.15, 0.2) is 5.60 Å². The standard InChI is InChI=1S/C14H21NO5/c1-7-8-3-4-10(15)9-5-6-13(2)18-12(17-11(7)16)14(8,9)20-19-13/h7-10,12H,3-6,15H2,1-2H3. The van der Waals surface area contributed by atoms with Gasteiger partial charge in [-0.25, -0.2) is 9.78 Å². The molecular weight excluding hydrogens is 262 g/mol. The van der Waals surface area contributed by atoms with E-state index < -0.39 is 17.7 Å². The van der Waals surface area contributed by atoms with E-state index in [1.54, 1.807) is 0 Å². The van der Waals surface area contributed by atoms with Crippen LogP contribution >= 0.6 is 0 Å². The third kappa shape index (κ3) is 1.45. The van der Waals surface area contributed by atoms with Crippen molar-refractivity contribution in [3.63, 3.8) is 0 Å². The zero-order chi connectivity index (χ0) is 14.1. The number of hydrogen-bond acceptors (Lipinski definition) is 6. The van der Waals surface area contributed by atoms with Crippen molar-refractivity contribution in [3.05, 3.63) is 0 Å². The van der Waals surface area contributed by atoms with E-state index in [9.17, 15) is 4.79 Å². The van der Waals surface area contributed by atoms with E-state index in [-0.39, 0.29) is 29.8 Å². The maximum absolute atomic E-state index is 12.1. The summed E-state index contributed by atoms with van der Waals surface area (Å²) in [5, 5.41) is 0. The summed E-state index contributed by atoms with van der Waals surface area (Å²) in [7, 11) is 0. The van der Waals surface area contributed by atoms with Crippen molar-refractivity contribution in [2.24, 2.45) is 23.5 Å². The van der Waals surface area contributed by atoms with Gasteiger partial charge in [0.05, 0.1) is 5.92 Å². The highest BCUT2D eigenvalue weighted by molar-refractivity contribution is 5.74. The predicted octanol–water partition coefficient (Wildman–Crippen LogP) is 1.09. The van der Waals surface area contributed by atoms with Crippen molar-refractivity contribution in [3.8, 4) is 0 Å². The Hall–Kier alpha value is -0.690. The van der Waals surface area contributed by atoms with E-state index in [2.05, 4.69) is 0 Å². The minimum Gasteiger partial charge on any atom is -0.432 e. The first-order valence-corrected chi connectivity index (χ1v) is 7.47. The molecule has 0 aromatic rings. The molecular formula is C14H21NO5. The van der Waals surface area contributed by atoms with Gasteiger partial charge >= 0.3 is 5.97 Å². The minimum absolute atomic E-state index is 0.0328. The molecule has 7 unspecified atom stereocenters. The Morgan fingerprint density at radius 1 is 1.20 bits per heavy atom. The second-order valence-corrected chi connectivity index (χ2v) is 6.82. The highest BCUT2D eigenvalue weighted by Crippen LogP contribution is 2.57. The highest BCUT2D eigenvalue weighted by atomic mass is 17.3. The molecule has 112 valence electrons. The molecule has 0 amide bonds. The summed E-state index contributed by atoms with van der Waals surface area (Å²) in [6, 6.07) is 0.0328. The number of hydrogen-bond donors (Lipinski definition) is 1. The van der Waals surface area contributed by atoms with Gasteiger partial charge in [0, 0.05) is 24.3 Å². The number of esters is 1. The van der Waals surface area contributed by atoms with Crippen LogP contribution in [-0.4, -0.2) is 29.7 Å². The number of fused-ring (bicyclic) bond motifs is 2. The Bertz CT molecular complexity index is 457. The molecule has 5 rings (SSSR count). The molecule has 4 aliphatic heterocycles. The van der Waals surface area contributed by atoms with Crippen molar-refractivity contribution < 1.29 is 24.0 Å². The average molecular weight is 283 g/mol. The molecule has 2 bridgehead atoms. The number of ether oxygens (including phenoxy) is 2. The first-order chi connectivity index (χ1) is 9.46. The van der Waals surface area contributed by atoms with E-state index in [0.717, 1.165) is 19.3 Å². The van der Waals surface area contributed by atoms with E-state index in [0.29, 0.717) is 6.42 Å². The lowest BCUT2D eigenvalue weighted by Gasteiger charge is -2.57. The van der Waals surface area contributed by atoms with Crippen LogP contribution in [0.3, 0.4) is 0 Å². The van der Waals surface area contributed by atoms with E-state index in [1.165, 1.54) is 0 Å². The van der Waals surface area contributed by atoms with Crippen LogP contribution in [0.25, 0.3) is 0 Å². The Morgan fingerprint density at radius 3 is 2.80 bits per heavy atom. The molecule has 1 aliphatic carbocycles. The normalized spacial score (nSPS) is 57.8. The third-order valence-corrected chi connectivity index (χ3v) is 5.68. The van der Waals surface area contributed by atoms with Crippen molar-refractivity contribution in [2.45, 2.75) is 63.3 Å². The SMILES string of the molecule is CC1C(=O)OC2OC3(C)CCC4C(N)CCC1C24OO3. The first-order valence-electron chi connectivity index (χ1n) is 7.47. The predicted molar refractivity (Wildman–Crippen MR) is 66.9 cm³/mol. The lowest BCUT2D eigenvalue weighted by Crippen LogP contribution is -2.71. The summed E-state index contributed by atoms with van der Waals surface area (Å²) < 4.78 is 11.5. The summed E-state index contributed by atoms with van der Waals surface area (Å²) in [6.45, 7) is 3.72. The van der Waals surface area contributed by atoms with Gasteiger partial charge in [0.2, 0.25) is 12.1 Å². The lowest BCUT2D eigenvalue weighted by atomic mass is 9.60. The molecule has 4 saturated heterocycles. The van der Waals surface area contributed by atoms with Crippen LogP contribution in [0, 0.1) is 17.8 Å². The molecule has 20 heavy (non-hydrogen) atoms. The molecule has 1 spiro atoms. The fourth-order valence-electron chi connectivity index (χ4n) is 4.51. The summed E-state index contributed by atoms with van der Waals surface area (Å²) in [4.78, 5) is 23.5. The Balaban J connectivity index is 1.84. The van der Waals surface area contributed by atoms with Crippen LogP contribution in [0.5, 0.6) is 0 Å². The maximum Gasteiger partial charge on any atom is 0.311 e. The number of rotatable bonds is 0. The Labute approximate surface area is 117 Å². The molecule has 4 heterocycles. The van der Waals surface area contributed by atoms with Crippen molar-refractivity contribution in [1.29, 1.82) is 0 Å². The van der Waals surface area contributed by atoms with E-state index in [4.69, 9.17) is 25.0 Å². The van der Waals surface area contributed by atoms with Gasteiger partial charge in [-0.2, -0.15) is 0 Å². The van der Waals surface area contributed by atoms with Crippen LogP contribution < -0.4 is 5.73 Å². The van der Waals surface area contributed by atoms with Gasteiger partial charge < -0.3 is 15.2 Å². The smallest absolute Gasteiger partial charge is 0.311 e. The largest absolute Gasteiger partial charge is 0.432 e. The lowest BCUT2D eigenvalue weighted by molar-refractivity contribution is -0.558. The second kappa shape index (κ2) is 3.94. The Kier molecular flexibility index (Phi) is 2.56. The van der Waals surface area contributed by atoms with Gasteiger partial charge in [-0.05, 0) is 26.2 Å². The van der Waals surface area contributed by atoms with Crippen LogP contribution in [0.15, 0.2) is 0 Å². The average Bonchev–Trinajstić information content (AvgIpc) is 2.63. The summed E-state index contributed by atoms with van der Waals surface area (Å²) in [5.41, 5.74) is 5.60. The molecule has 2 N–H and O–H groups in total. The molecule has 5 aliphatic rings. The van der Waals surface area contributed by atoms with Gasteiger partial charge in [-0.3, -0.25) is 4.79 Å². The zero-order valence-electron chi connectivity index (χ0n) is 11.8. The molecule has 7 atom stereocenters. The van der Waals surface area contributed by atoms with Gasteiger partial charge in [0.1, 0.15) is 0 Å². The summed E-state index contributed by atoms with van der Waals surface area (Å²) >= 11 is 0. The highest BCUT2D eigenvalue weighted by Gasteiger charge is 2.70. The quantitative estimate of drug-likeness (QED) is 0.529. The monoisotopic (exact) mass is 283 g/mol. The van der Waals surface area contributed by atoms with E-state index >= 15 is 0 Å². The van der Waals surface area contributed by atoms with Gasteiger partial charge in [-0.1, -0.05) is 6.92 Å². The van der Waals surface area contributed by atoms with Crippen molar-refractivity contribution in [1.82, 2.24) is 0 Å². The zero-order valence-corrected chi connectivity index (χ0v) is 11.8. The molecule has 0 radical (unpaired) electrons. The number of carbonyl (C=O) groups excluding carboxylic acids is 1. The minimum atomic E-state index is -0.849. The molecule has 1 saturated carbocycles. The fraction of sp³-hybridized carbons (Fsp3) is 0.929. The van der Waals surface area contributed by atoms with Crippen LogP contribution in [0.1, 0.15) is 39.5 Å². The molecule has 5 fully saturated rings. The van der Waals surface area contributed by atoms with Crippen molar-refractivity contribution >= 4 is 5.97 Å². The third-order valence-electron chi connectivity index (χ3n) is 5.68. The van der Waals surface area contributed by atoms with Gasteiger partial charge in [0.25, 0.3) is 0 Å². The van der Waals surface area contributed by atoms with Crippen LogP contribution in [-0.2, 0) is 24.0 Å². The second-order valence-electron chi connectivity index (χ2n) is 6.82. The molecule has 6 heteroatoms. The van der Waals surface area contributed by atoms with Crippen LogP contribution in [0.2, 0.25) is 0 Å². The summed E-state index contributed by atoms with van der Waals surface area (Å²) in [6.07, 6.45) is 2.61. The first kappa shape index (κ1) is 13.0.